The first kappa shape index (κ1) is 17.0. The van der Waals surface area contributed by atoms with E-state index in [4.69, 9.17) is 10.5 Å². The van der Waals surface area contributed by atoms with Crippen molar-refractivity contribution in [2.75, 3.05) is 32.5 Å². The molecule has 1 aliphatic rings. The molecule has 2 rings (SSSR count). The largest absolute Gasteiger partial charge is 0.496 e. The van der Waals surface area contributed by atoms with Crippen molar-refractivity contribution in [3.05, 3.63) is 27.8 Å². The van der Waals surface area contributed by atoms with Crippen LogP contribution in [0.2, 0.25) is 0 Å². The van der Waals surface area contributed by atoms with Gasteiger partial charge in [-0.05, 0) is 25.9 Å². The van der Waals surface area contributed by atoms with Gasteiger partial charge in [-0.3, -0.25) is 19.8 Å². The van der Waals surface area contributed by atoms with E-state index in [2.05, 4.69) is 17.1 Å². The van der Waals surface area contributed by atoms with Gasteiger partial charge in [-0.2, -0.15) is 0 Å². The molecular weight excluding hydrogens is 300 g/mol. The Bertz CT molecular complexity index is 605. The molecule has 0 aromatic heterocycles. The summed E-state index contributed by atoms with van der Waals surface area (Å²) in [4.78, 5) is 25.1. The fourth-order valence-corrected chi connectivity index (χ4v) is 2.94. The van der Waals surface area contributed by atoms with E-state index in [-0.39, 0.29) is 22.7 Å². The fraction of sp³-hybridized carbons (Fsp3) is 0.533. The van der Waals surface area contributed by atoms with E-state index >= 15 is 0 Å². The zero-order chi connectivity index (χ0) is 17.0. The SMILES string of the molecule is CCN1CCCC1CNC(=O)c1cc([N+](=O)[O-])c(N)cc1OC. The van der Waals surface area contributed by atoms with Gasteiger partial charge in [0.2, 0.25) is 0 Å². The molecule has 0 bridgehead atoms. The number of methoxy groups -OCH3 is 1. The second-order valence-electron chi connectivity index (χ2n) is 5.50. The zero-order valence-corrected chi connectivity index (χ0v) is 13.4. The number of amides is 1. The van der Waals surface area contributed by atoms with E-state index in [1.165, 1.54) is 13.2 Å². The molecule has 0 saturated carbocycles. The number of anilines is 1. The predicted molar refractivity (Wildman–Crippen MR) is 86.7 cm³/mol. The molecule has 1 aliphatic heterocycles. The van der Waals surface area contributed by atoms with Crippen LogP contribution in [0.5, 0.6) is 5.75 Å². The van der Waals surface area contributed by atoms with Crippen LogP contribution in [0, 0.1) is 10.1 Å². The second-order valence-corrected chi connectivity index (χ2v) is 5.50. The Balaban J connectivity index is 2.14. The number of rotatable bonds is 6. The minimum Gasteiger partial charge on any atom is -0.496 e. The predicted octanol–water partition coefficient (Wildman–Crippen LogP) is 1.40. The molecule has 1 amide bonds. The Morgan fingerprint density at radius 1 is 1.57 bits per heavy atom. The summed E-state index contributed by atoms with van der Waals surface area (Å²) in [5.74, 6) is -0.169. The first-order chi connectivity index (χ1) is 11.0. The number of benzene rings is 1. The van der Waals surface area contributed by atoms with Gasteiger partial charge in [0.15, 0.2) is 0 Å². The maximum absolute atomic E-state index is 12.4. The third-order valence-electron chi connectivity index (χ3n) is 4.19. The topological polar surface area (TPSA) is 111 Å². The van der Waals surface area contributed by atoms with Crippen LogP contribution in [0.15, 0.2) is 12.1 Å². The lowest BCUT2D eigenvalue weighted by Gasteiger charge is -2.23. The Hall–Kier alpha value is -2.35. The van der Waals surface area contributed by atoms with E-state index in [0.717, 1.165) is 32.0 Å². The molecule has 8 nitrogen and oxygen atoms in total. The van der Waals surface area contributed by atoms with Crippen molar-refractivity contribution < 1.29 is 14.5 Å². The minimum atomic E-state index is -0.610. The molecule has 23 heavy (non-hydrogen) atoms. The van der Waals surface area contributed by atoms with Crippen LogP contribution in [0.4, 0.5) is 11.4 Å². The maximum atomic E-state index is 12.4. The number of nitrogens with zero attached hydrogens (tertiary/aromatic N) is 2. The summed E-state index contributed by atoms with van der Waals surface area (Å²) >= 11 is 0. The Labute approximate surface area is 134 Å². The van der Waals surface area contributed by atoms with Crippen LogP contribution < -0.4 is 15.8 Å². The lowest BCUT2D eigenvalue weighted by atomic mass is 10.1. The molecule has 1 aromatic rings. The van der Waals surface area contributed by atoms with Gasteiger partial charge >= 0.3 is 0 Å². The number of hydrogen-bond donors (Lipinski definition) is 2. The van der Waals surface area contributed by atoms with Gasteiger partial charge in [-0.1, -0.05) is 6.92 Å². The standard InChI is InChI=1S/C15H22N4O4/c1-3-18-6-4-5-10(18)9-17-15(20)11-7-13(19(21)22)12(16)8-14(11)23-2/h7-8,10H,3-6,9,16H2,1-2H3,(H,17,20). The normalized spacial score (nSPS) is 17.9. The highest BCUT2D eigenvalue weighted by Gasteiger charge is 2.25. The molecule has 0 spiro atoms. The number of nitrogen functional groups attached to an aromatic ring is 1. The smallest absolute Gasteiger partial charge is 0.293 e. The maximum Gasteiger partial charge on any atom is 0.293 e. The van der Waals surface area contributed by atoms with Crippen LogP contribution in [0.3, 0.4) is 0 Å². The first-order valence-corrected chi connectivity index (χ1v) is 7.62. The van der Waals surface area contributed by atoms with E-state index in [9.17, 15) is 14.9 Å². The molecule has 8 heteroatoms. The third kappa shape index (κ3) is 3.70. The fourth-order valence-electron chi connectivity index (χ4n) is 2.94. The summed E-state index contributed by atoms with van der Waals surface area (Å²) in [7, 11) is 1.40. The summed E-state index contributed by atoms with van der Waals surface area (Å²) in [6.45, 7) is 4.57. The molecule has 3 N–H and O–H groups in total. The Morgan fingerprint density at radius 2 is 2.30 bits per heavy atom. The van der Waals surface area contributed by atoms with Crippen molar-refractivity contribution in [3.63, 3.8) is 0 Å². The molecule has 0 aliphatic carbocycles. The number of nitro benzene ring substituents is 1. The lowest BCUT2D eigenvalue weighted by molar-refractivity contribution is -0.383. The Morgan fingerprint density at radius 3 is 2.91 bits per heavy atom. The van der Waals surface area contributed by atoms with Gasteiger partial charge in [-0.15, -0.1) is 0 Å². The van der Waals surface area contributed by atoms with Crippen LogP contribution in [-0.2, 0) is 0 Å². The van der Waals surface area contributed by atoms with E-state index in [1.807, 2.05) is 0 Å². The minimum absolute atomic E-state index is 0.0312. The summed E-state index contributed by atoms with van der Waals surface area (Å²) in [6, 6.07) is 2.77. The summed E-state index contributed by atoms with van der Waals surface area (Å²) in [5, 5.41) is 13.8. The number of nitrogens with one attached hydrogen (secondary N) is 1. The van der Waals surface area contributed by atoms with Crippen molar-refractivity contribution >= 4 is 17.3 Å². The van der Waals surface area contributed by atoms with Crippen molar-refractivity contribution in [1.29, 1.82) is 0 Å². The third-order valence-corrected chi connectivity index (χ3v) is 4.19. The highest BCUT2D eigenvalue weighted by Crippen LogP contribution is 2.30. The molecule has 1 atom stereocenters. The number of likely N-dealkylation sites (tertiary alicyclic amines) is 1. The van der Waals surface area contributed by atoms with Crippen LogP contribution in [0.1, 0.15) is 30.1 Å². The molecule has 0 radical (unpaired) electrons. The molecule has 1 aromatic carbocycles. The average molecular weight is 322 g/mol. The first-order valence-electron chi connectivity index (χ1n) is 7.62. The van der Waals surface area contributed by atoms with Gasteiger partial charge in [0.05, 0.1) is 17.6 Å². The zero-order valence-electron chi connectivity index (χ0n) is 13.4. The molecular formula is C15H22N4O4. The van der Waals surface area contributed by atoms with Crippen molar-refractivity contribution in [2.24, 2.45) is 0 Å². The van der Waals surface area contributed by atoms with Crippen molar-refractivity contribution in [1.82, 2.24) is 10.2 Å². The number of ether oxygens (including phenoxy) is 1. The number of carbonyl (C=O) groups is 1. The van der Waals surface area contributed by atoms with E-state index < -0.39 is 10.8 Å². The monoisotopic (exact) mass is 322 g/mol. The highest BCUT2D eigenvalue weighted by atomic mass is 16.6. The van der Waals surface area contributed by atoms with Gasteiger partial charge in [0.1, 0.15) is 11.4 Å². The number of nitrogens with two attached hydrogens (primary N) is 1. The van der Waals surface area contributed by atoms with E-state index in [1.54, 1.807) is 0 Å². The number of likely N-dealkylation sites (N-methyl/N-ethyl adjacent to an activating group) is 1. The molecule has 126 valence electrons. The van der Waals surface area contributed by atoms with Gasteiger partial charge in [0.25, 0.3) is 11.6 Å². The van der Waals surface area contributed by atoms with Gasteiger partial charge in [0, 0.05) is 24.7 Å². The van der Waals surface area contributed by atoms with E-state index in [0.29, 0.717) is 12.6 Å². The average Bonchev–Trinajstić information content (AvgIpc) is 2.99. The number of hydrogen-bond acceptors (Lipinski definition) is 6. The molecule has 1 fully saturated rings. The molecule has 1 unspecified atom stereocenters. The number of carbonyl (C=O) groups excluding carboxylic acids is 1. The van der Waals surface area contributed by atoms with Gasteiger partial charge in [-0.25, -0.2) is 0 Å². The summed E-state index contributed by atoms with van der Waals surface area (Å²) in [5.41, 5.74) is 5.41. The molecule has 1 heterocycles. The highest BCUT2D eigenvalue weighted by molar-refractivity contribution is 5.98. The van der Waals surface area contributed by atoms with Crippen molar-refractivity contribution in [2.45, 2.75) is 25.8 Å². The van der Waals surface area contributed by atoms with Gasteiger partial charge < -0.3 is 15.8 Å². The number of nitro groups is 1. The molecule has 1 saturated heterocycles. The summed E-state index contributed by atoms with van der Waals surface area (Å²) < 4.78 is 5.12. The van der Waals surface area contributed by atoms with Crippen molar-refractivity contribution in [3.8, 4) is 5.75 Å². The van der Waals surface area contributed by atoms with Crippen LogP contribution >= 0.6 is 0 Å². The lowest BCUT2D eigenvalue weighted by Crippen LogP contribution is -2.40. The summed E-state index contributed by atoms with van der Waals surface area (Å²) in [6.07, 6.45) is 2.15. The quantitative estimate of drug-likeness (QED) is 0.465. The second kappa shape index (κ2) is 7.28. The van der Waals surface area contributed by atoms with Crippen LogP contribution in [-0.4, -0.2) is 48.5 Å². The van der Waals surface area contributed by atoms with Crippen LogP contribution in [0.25, 0.3) is 0 Å². The Kier molecular flexibility index (Phi) is 5.38.